The maximum atomic E-state index is 10.9. The van der Waals surface area contributed by atoms with Gasteiger partial charge in [0.1, 0.15) is 0 Å². The zero-order valence-electron chi connectivity index (χ0n) is 9.36. The van der Waals surface area contributed by atoms with Crippen LogP contribution in [0.5, 0.6) is 0 Å². The van der Waals surface area contributed by atoms with Crippen LogP contribution < -0.4 is 5.32 Å². The molecule has 1 aromatic carbocycles. The minimum atomic E-state index is -1.45. The summed E-state index contributed by atoms with van der Waals surface area (Å²) in [6.07, 6.45) is 0. The van der Waals surface area contributed by atoms with E-state index in [9.17, 15) is 9.59 Å². The summed E-state index contributed by atoms with van der Waals surface area (Å²) in [6, 6.07) is 9.64. The van der Waals surface area contributed by atoms with E-state index in [2.05, 4.69) is 5.32 Å². The van der Waals surface area contributed by atoms with Crippen molar-refractivity contribution in [1.29, 1.82) is 0 Å². The largest absolute Gasteiger partial charge is 0.474 e. The lowest BCUT2D eigenvalue weighted by Gasteiger charge is -2.25. The van der Waals surface area contributed by atoms with Crippen molar-refractivity contribution < 1.29 is 14.7 Å². The Morgan fingerprint density at radius 2 is 1.81 bits per heavy atom. The molecule has 0 aliphatic rings. The highest BCUT2D eigenvalue weighted by atomic mass is 16.4. The van der Waals surface area contributed by atoms with E-state index < -0.39 is 11.9 Å². The van der Waals surface area contributed by atoms with Crippen LogP contribution in [0.1, 0.15) is 19.4 Å². The lowest BCUT2D eigenvalue weighted by molar-refractivity contribution is -0.150. The van der Waals surface area contributed by atoms with Crippen molar-refractivity contribution in [1.82, 2.24) is 5.32 Å². The Bertz CT molecular complexity index is 385. The number of hydrogen-bond donors (Lipinski definition) is 2. The Balaban J connectivity index is 2.66. The second-order valence-electron chi connectivity index (χ2n) is 4.24. The summed E-state index contributed by atoms with van der Waals surface area (Å²) < 4.78 is 0. The third kappa shape index (κ3) is 3.08. The number of aliphatic carboxylic acids is 1. The number of carbonyl (C=O) groups excluding carboxylic acids is 1. The highest BCUT2D eigenvalue weighted by Crippen LogP contribution is 2.21. The molecular weight excluding hydrogens is 206 g/mol. The molecule has 0 spiro atoms. The van der Waals surface area contributed by atoms with Crippen LogP contribution in [0.4, 0.5) is 0 Å². The Morgan fingerprint density at radius 3 is 2.31 bits per heavy atom. The smallest absolute Gasteiger partial charge is 0.394 e. The maximum absolute atomic E-state index is 10.9. The van der Waals surface area contributed by atoms with Crippen molar-refractivity contribution in [2.45, 2.75) is 19.3 Å². The number of hydrogen-bond acceptors (Lipinski definition) is 2. The normalized spacial score (nSPS) is 10.9. The predicted molar refractivity (Wildman–Crippen MR) is 60.1 cm³/mol. The molecule has 2 N–H and O–H groups in total. The highest BCUT2D eigenvalue weighted by Gasteiger charge is 2.22. The van der Waals surface area contributed by atoms with Gasteiger partial charge in [0.25, 0.3) is 0 Å². The summed E-state index contributed by atoms with van der Waals surface area (Å²) in [5.74, 6) is -2.42. The highest BCUT2D eigenvalue weighted by molar-refractivity contribution is 6.31. The molecule has 0 atom stereocenters. The van der Waals surface area contributed by atoms with Crippen molar-refractivity contribution in [2.24, 2.45) is 0 Å². The van der Waals surface area contributed by atoms with E-state index >= 15 is 0 Å². The molecule has 4 heteroatoms. The van der Waals surface area contributed by atoms with Crippen molar-refractivity contribution in [3.8, 4) is 0 Å². The first kappa shape index (κ1) is 12.2. The van der Waals surface area contributed by atoms with Gasteiger partial charge in [-0.05, 0) is 5.56 Å². The average Bonchev–Trinajstić information content (AvgIpc) is 2.27. The standard InChI is InChI=1S/C12H15NO3/c1-12(2,8-13-10(14)11(15)16)9-6-4-3-5-7-9/h3-7H,8H2,1-2H3,(H,13,14)(H,15,16). The molecule has 0 aromatic heterocycles. The van der Waals surface area contributed by atoms with Gasteiger partial charge in [-0.2, -0.15) is 0 Å². The molecule has 0 radical (unpaired) electrons. The second kappa shape index (κ2) is 4.79. The average molecular weight is 221 g/mol. The Labute approximate surface area is 94.3 Å². The molecule has 0 unspecified atom stereocenters. The summed E-state index contributed by atoms with van der Waals surface area (Å²) in [7, 11) is 0. The molecule has 0 aliphatic heterocycles. The number of rotatable bonds is 3. The van der Waals surface area contributed by atoms with Crippen molar-refractivity contribution in [2.75, 3.05) is 6.54 Å². The van der Waals surface area contributed by atoms with Crippen LogP contribution in [0.15, 0.2) is 30.3 Å². The van der Waals surface area contributed by atoms with Crippen molar-refractivity contribution in [3.05, 3.63) is 35.9 Å². The molecule has 1 amide bonds. The molecule has 4 nitrogen and oxygen atoms in total. The van der Waals surface area contributed by atoms with Crippen LogP contribution in [0, 0.1) is 0 Å². The summed E-state index contributed by atoms with van der Waals surface area (Å²) in [6.45, 7) is 4.19. The van der Waals surface area contributed by atoms with Crippen LogP contribution in [-0.4, -0.2) is 23.5 Å². The molecule has 0 saturated carbocycles. The zero-order valence-corrected chi connectivity index (χ0v) is 9.36. The lowest BCUT2D eigenvalue weighted by Crippen LogP contribution is -2.39. The van der Waals surface area contributed by atoms with Gasteiger partial charge < -0.3 is 10.4 Å². The summed E-state index contributed by atoms with van der Waals surface area (Å²) in [5, 5.41) is 10.8. The minimum absolute atomic E-state index is 0.285. The Kier molecular flexibility index (Phi) is 3.66. The first-order valence-corrected chi connectivity index (χ1v) is 5.00. The van der Waals surface area contributed by atoms with Gasteiger partial charge in [-0.25, -0.2) is 4.79 Å². The van der Waals surface area contributed by atoms with Gasteiger partial charge in [0.15, 0.2) is 0 Å². The first-order valence-electron chi connectivity index (χ1n) is 5.00. The predicted octanol–water partition coefficient (Wildman–Crippen LogP) is 1.16. The van der Waals surface area contributed by atoms with Crippen molar-refractivity contribution >= 4 is 11.9 Å². The monoisotopic (exact) mass is 221 g/mol. The number of carboxylic acids is 1. The van der Waals surface area contributed by atoms with Gasteiger partial charge in [0.2, 0.25) is 0 Å². The van der Waals surface area contributed by atoms with E-state index in [0.29, 0.717) is 6.54 Å². The molecule has 0 fully saturated rings. The number of benzene rings is 1. The molecule has 0 bridgehead atoms. The van der Waals surface area contributed by atoms with E-state index in [-0.39, 0.29) is 5.41 Å². The first-order chi connectivity index (χ1) is 7.43. The fourth-order valence-electron chi connectivity index (χ4n) is 1.37. The van der Waals surface area contributed by atoms with Crippen LogP contribution >= 0.6 is 0 Å². The number of carbonyl (C=O) groups is 2. The quantitative estimate of drug-likeness (QED) is 0.753. The van der Waals surface area contributed by atoms with E-state index in [1.54, 1.807) is 0 Å². The Morgan fingerprint density at radius 1 is 1.25 bits per heavy atom. The summed E-state index contributed by atoms with van der Waals surface area (Å²) >= 11 is 0. The third-order valence-electron chi connectivity index (χ3n) is 2.44. The minimum Gasteiger partial charge on any atom is -0.474 e. The lowest BCUT2D eigenvalue weighted by atomic mass is 9.84. The van der Waals surface area contributed by atoms with Crippen LogP contribution in [-0.2, 0) is 15.0 Å². The number of amides is 1. The summed E-state index contributed by atoms with van der Waals surface area (Å²) in [4.78, 5) is 21.3. The van der Waals surface area contributed by atoms with Gasteiger partial charge in [-0.15, -0.1) is 0 Å². The second-order valence-corrected chi connectivity index (χ2v) is 4.24. The summed E-state index contributed by atoms with van der Waals surface area (Å²) in [5.41, 5.74) is 0.771. The molecule has 0 aliphatic carbocycles. The van der Waals surface area contributed by atoms with Crippen LogP contribution in [0.25, 0.3) is 0 Å². The molecule has 0 heterocycles. The number of carboxylic acid groups (broad SMARTS) is 1. The fourth-order valence-corrected chi connectivity index (χ4v) is 1.37. The number of nitrogens with one attached hydrogen (secondary N) is 1. The Hall–Kier alpha value is -1.84. The van der Waals surface area contributed by atoms with E-state index in [1.165, 1.54) is 0 Å². The van der Waals surface area contributed by atoms with Gasteiger partial charge >= 0.3 is 11.9 Å². The van der Waals surface area contributed by atoms with Gasteiger partial charge in [0.05, 0.1) is 0 Å². The van der Waals surface area contributed by atoms with E-state index in [1.807, 2.05) is 44.2 Å². The molecule has 86 valence electrons. The fraction of sp³-hybridized carbons (Fsp3) is 0.333. The SMILES string of the molecule is CC(C)(CNC(=O)C(=O)O)c1ccccc1. The van der Waals surface area contributed by atoms with E-state index in [4.69, 9.17) is 5.11 Å². The van der Waals surface area contributed by atoms with Crippen LogP contribution in [0.3, 0.4) is 0 Å². The van der Waals surface area contributed by atoms with E-state index in [0.717, 1.165) is 5.56 Å². The molecule has 1 rings (SSSR count). The molecule has 16 heavy (non-hydrogen) atoms. The van der Waals surface area contributed by atoms with Crippen molar-refractivity contribution in [3.63, 3.8) is 0 Å². The molecular formula is C12H15NO3. The van der Waals surface area contributed by atoms with Gasteiger partial charge in [-0.1, -0.05) is 44.2 Å². The topological polar surface area (TPSA) is 66.4 Å². The molecule has 0 saturated heterocycles. The maximum Gasteiger partial charge on any atom is 0.394 e. The zero-order chi connectivity index (χ0) is 12.2. The molecule has 1 aromatic rings. The van der Waals surface area contributed by atoms with Gasteiger partial charge in [-0.3, -0.25) is 4.79 Å². The van der Waals surface area contributed by atoms with Crippen LogP contribution in [0.2, 0.25) is 0 Å². The van der Waals surface area contributed by atoms with Gasteiger partial charge in [0, 0.05) is 12.0 Å². The third-order valence-corrected chi connectivity index (χ3v) is 2.44.